The molecule has 1 aliphatic rings. The van der Waals surface area contributed by atoms with Gasteiger partial charge in [-0.05, 0) is 57.1 Å². The molecule has 4 nitrogen and oxygen atoms in total. The van der Waals surface area contributed by atoms with Gasteiger partial charge in [0.2, 0.25) is 0 Å². The molecule has 1 aromatic heterocycles. The Morgan fingerprint density at radius 3 is 2.48 bits per heavy atom. The van der Waals surface area contributed by atoms with E-state index in [2.05, 4.69) is 44.4 Å². The Labute approximate surface area is 129 Å². The van der Waals surface area contributed by atoms with Gasteiger partial charge in [0.25, 0.3) is 0 Å². The second-order valence-electron chi connectivity index (χ2n) is 7.23. The first kappa shape index (κ1) is 16.5. The van der Waals surface area contributed by atoms with Gasteiger partial charge in [-0.15, -0.1) is 0 Å². The summed E-state index contributed by atoms with van der Waals surface area (Å²) in [5.41, 5.74) is 1.70. The van der Waals surface area contributed by atoms with E-state index in [0.717, 1.165) is 25.9 Å². The van der Waals surface area contributed by atoms with Gasteiger partial charge in [-0.2, -0.15) is 5.10 Å². The van der Waals surface area contributed by atoms with E-state index in [4.69, 9.17) is 4.74 Å². The maximum Gasteiger partial charge on any atom is 0.0838 e. The molecule has 0 bridgehead atoms. The molecule has 0 amide bonds. The van der Waals surface area contributed by atoms with E-state index in [9.17, 15) is 0 Å². The van der Waals surface area contributed by atoms with Crippen molar-refractivity contribution in [3.63, 3.8) is 0 Å². The second kappa shape index (κ2) is 6.49. The highest BCUT2D eigenvalue weighted by atomic mass is 16.5. The molecule has 1 aliphatic carbocycles. The molecule has 1 atom stereocenters. The fraction of sp³-hybridized carbons (Fsp3) is 0.824. The summed E-state index contributed by atoms with van der Waals surface area (Å²) in [6.07, 6.45) is 9.80. The normalized spacial score (nSPS) is 22.1. The Morgan fingerprint density at radius 1 is 1.33 bits per heavy atom. The minimum Gasteiger partial charge on any atom is -0.374 e. The van der Waals surface area contributed by atoms with E-state index in [-0.39, 0.29) is 5.60 Å². The first-order chi connectivity index (χ1) is 9.91. The maximum atomic E-state index is 6.31. The molecule has 21 heavy (non-hydrogen) atoms. The predicted octanol–water partition coefficient (Wildman–Crippen LogP) is 2.93. The van der Waals surface area contributed by atoms with Crippen molar-refractivity contribution in [1.29, 1.82) is 0 Å². The summed E-state index contributed by atoms with van der Waals surface area (Å²) in [5, 5.41) is 7.81. The molecule has 0 radical (unpaired) electrons. The van der Waals surface area contributed by atoms with Gasteiger partial charge in [-0.25, -0.2) is 0 Å². The van der Waals surface area contributed by atoms with Crippen LogP contribution in [0.5, 0.6) is 0 Å². The largest absolute Gasteiger partial charge is 0.374 e. The Morgan fingerprint density at radius 2 is 2.00 bits per heavy atom. The van der Waals surface area contributed by atoms with E-state index in [1.807, 2.05) is 17.9 Å². The highest BCUT2D eigenvalue weighted by molar-refractivity contribution is 5.10. The van der Waals surface area contributed by atoms with Gasteiger partial charge in [0.1, 0.15) is 0 Å². The minimum atomic E-state index is -0.0329. The number of ether oxygens (including phenoxy) is 1. The third kappa shape index (κ3) is 3.86. The van der Waals surface area contributed by atoms with Crippen LogP contribution in [0.4, 0.5) is 0 Å². The van der Waals surface area contributed by atoms with Crippen LogP contribution in [0.2, 0.25) is 0 Å². The molecule has 4 heteroatoms. The van der Waals surface area contributed by atoms with Crippen molar-refractivity contribution >= 4 is 0 Å². The van der Waals surface area contributed by atoms with Crippen molar-refractivity contribution in [3.05, 3.63) is 18.0 Å². The fourth-order valence-electron chi connectivity index (χ4n) is 3.59. The molecule has 1 N–H and O–H groups in total. The first-order valence-electron chi connectivity index (χ1n) is 8.19. The lowest BCUT2D eigenvalue weighted by atomic mass is 9.67. The molecule has 0 aliphatic heterocycles. The first-order valence-corrected chi connectivity index (χ1v) is 8.19. The fourth-order valence-corrected chi connectivity index (χ4v) is 3.59. The third-order valence-electron chi connectivity index (χ3n) is 5.06. The highest BCUT2D eigenvalue weighted by Crippen LogP contribution is 2.44. The van der Waals surface area contributed by atoms with Crippen LogP contribution in [0.1, 0.15) is 52.0 Å². The van der Waals surface area contributed by atoms with Gasteiger partial charge in [0, 0.05) is 25.9 Å². The lowest BCUT2D eigenvalue weighted by molar-refractivity contribution is -0.105. The molecule has 120 valence electrons. The number of rotatable bonds is 6. The molecule has 1 fully saturated rings. The summed E-state index contributed by atoms with van der Waals surface area (Å²) in [7, 11) is 4.03. The molecular weight excluding hydrogens is 262 g/mol. The van der Waals surface area contributed by atoms with Gasteiger partial charge >= 0.3 is 0 Å². The number of nitrogens with zero attached hydrogens (tertiary/aromatic N) is 2. The number of aryl methyl sites for hydroxylation is 1. The monoisotopic (exact) mass is 293 g/mol. The third-order valence-corrected chi connectivity index (χ3v) is 5.06. The van der Waals surface area contributed by atoms with Crippen molar-refractivity contribution in [3.8, 4) is 0 Å². The molecule has 0 spiro atoms. The zero-order valence-corrected chi connectivity index (χ0v) is 14.3. The van der Waals surface area contributed by atoms with Gasteiger partial charge < -0.3 is 10.1 Å². The van der Waals surface area contributed by atoms with Crippen LogP contribution < -0.4 is 5.32 Å². The Bertz CT molecular complexity index is 443. The van der Waals surface area contributed by atoms with Crippen molar-refractivity contribution in [2.75, 3.05) is 13.7 Å². The maximum absolute atomic E-state index is 6.31. The van der Waals surface area contributed by atoms with Crippen molar-refractivity contribution in [1.82, 2.24) is 15.1 Å². The van der Waals surface area contributed by atoms with Gasteiger partial charge in [0.15, 0.2) is 0 Å². The van der Waals surface area contributed by atoms with Crippen LogP contribution in [-0.2, 0) is 18.2 Å². The van der Waals surface area contributed by atoms with E-state index < -0.39 is 0 Å². The standard InChI is InChI=1S/C17H31N3O/c1-6-21-17(9-7-16(2,3)8-10-17)15(18-4)11-14-12-19-20(5)13-14/h12-13,15,18H,6-11H2,1-5H3. The van der Waals surface area contributed by atoms with Crippen LogP contribution in [0.25, 0.3) is 0 Å². The van der Waals surface area contributed by atoms with Crippen molar-refractivity contribution < 1.29 is 4.74 Å². The summed E-state index contributed by atoms with van der Waals surface area (Å²) in [4.78, 5) is 0. The number of likely N-dealkylation sites (N-methyl/N-ethyl adjacent to an activating group) is 1. The molecule has 2 rings (SSSR count). The summed E-state index contributed by atoms with van der Waals surface area (Å²) >= 11 is 0. The number of hydrogen-bond donors (Lipinski definition) is 1. The number of nitrogens with one attached hydrogen (secondary N) is 1. The van der Waals surface area contributed by atoms with E-state index >= 15 is 0 Å². The van der Waals surface area contributed by atoms with Crippen molar-refractivity contribution in [2.45, 2.75) is 64.5 Å². The van der Waals surface area contributed by atoms with Crippen LogP contribution >= 0.6 is 0 Å². The average Bonchev–Trinajstić information content (AvgIpc) is 2.85. The summed E-state index contributed by atoms with van der Waals surface area (Å²) < 4.78 is 8.18. The Balaban J connectivity index is 2.14. The molecular formula is C17H31N3O. The van der Waals surface area contributed by atoms with Crippen LogP contribution in [-0.4, -0.2) is 35.1 Å². The van der Waals surface area contributed by atoms with Crippen molar-refractivity contribution in [2.24, 2.45) is 12.5 Å². The molecule has 1 unspecified atom stereocenters. The SMILES string of the molecule is CCOC1(C(Cc2cnn(C)c2)NC)CCC(C)(C)CC1. The summed E-state index contributed by atoms with van der Waals surface area (Å²) in [6, 6.07) is 0.345. The second-order valence-corrected chi connectivity index (χ2v) is 7.23. The zero-order chi connectivity index (χ0) is 15.5. The summed E-state index contributed by atoms with van der Waals surface area (Å²) in [5.74, 6) is 0. The van der Waals surface area contributed by atoms with Crippen LogP contribution in [0.3, 0.4) is 0 Å². The van der Waals surface area contributed by atoms with Gasteiger partial charge in [-0.1, -0.05) is 13.8 Å². The molecule has 1 aromatic rings. The topological polar surface area (TPSA) is 39.1 Å². The summed E-state index contributed by atoms with van der Waals surface area (Å²) in [6.45, 7) is 7.64. The number of hydrogen-bond acceptors (Lipinski definition) is 3. The molecule has 1 saturated carbocycles. The Hall–Kier alpha value is -0.870. The molecule has 0 aromatic carbocycles. The van der Waals surface area contributed by atoms with Gasteiger partial charge in [0.05, 0.1) is 11.8 Å². The smallest absolute Gasteiger partial charge is 0.0838 e. The van der Waals surface area contributed by atoms with E-state index in [1.54, 1.807) is 0 Å². The zero-order valence-electron chi connectivity index (χ0n) is 14.3. The average molecular weight is 293 g/mol. The lowest BCUT2D eigenvalue weighted by Crippen LogP contribution is -2.55. The molecule has 0 saturated heterocycles. The highest BCUT2D eigenvalue weighted by Gasteiger charge is 2.44. The van der Waals surface area contributed by atoms with E-state index in [0.29, 0.717) is 11.5 Å². The van der Waals surface area contributed by atoms with Gasteiger partial charge in [-0.3, -0.25) is 4.68 Å². The minimum absolute atomic E-state index is 0.0329. The van der Waals surface area contributed by atoms with Crippen LogP contribution in [0, 0.1) is 5.41 Å². The van der Waals surface area contributed by atoms with E-state index in [1.165, 1.54) is 18.4 Å². The molecule has 1 heterocycles. The van der Waals surface area contributed by atoms with Crippen LogP contribution in [0.15, 0.2) is 12.4 Å². The lowest BCUT2D eigenvalue weighted by Gasteiger charge is -2.47. The Kier molecular flexibility index (Phi) is 5.10. The predicted molar refractivity (Wildman–Crippen MR) is 86.4 cm³/mol. The number of aromatic nitrogens is 2. The quantitative estimate of drug-likeness (QED) is 0.876.